The summed E-state index contributed by atoms with van der Waals surface area (Å²) in [6.07, 6.45) is -7.38. The Balaban J connectivity index is 2.70. The average Bonchev–Trinajstić information content (AvgIpc) is 2.15. The van der Waals surface area contributed by atoms with Gasteiger partial charge in [0.25, 0.3) is 0 Å². The van der Waals surface area contributed by atoms with Gasteiger partial charge in [-0.05, 0) is 19.8 Å². The summed E-state index contributed by atoms with van der Waals surface area (Å²) in [5.74, 6) is 0. The lowest BCUT2D eigenvalue weighted by molar-refractivity contribution is -0.191. The van der Waals surface area contributed by atoms with Crippen molar-refractivity contribution < 1.29 is 31.5 Å². The predicted octanol–water partition coefficient (Wildman–Crippen LogP) is 3.42. The second-order valence-electron chi connectivity index (χ2n) is 4.22. The van der Waals surface area contributed by atoms with Gasteiger partial charge in [-0.2, -0.15) is 13.2 Å². The Morgan fingerprint density at radius 2 is 1.88 bits per heavy atom. The van der Waals surface area contributed by atoms with Crippen LogP contribution in [0.5, 0.6) is 0 Å². The van der Waals surface area contributed by atoms with Gasteiger partial charge >= 0.3 is 13.8 Å². The van der Waals surface area contributed by atoms with E-state index in [1.807, 2.05) is 0 Å². The van der Waals surface area contributed by atoms with Crippen LogP contribution in [0.25, 0.3) is 0 Å². The van der Waals surface area contributed by atoms with E-state index in [9.17, 15) is 27.0 Å². The van der Waals surface area contributed by atoms with Crippen LogP contribution in [0.2, 0.25) is 0 Å². The molecule has 4 atom stereocenters. The highest BCUT2D eigenvalue weighted by Crippen LogP contribution is 2.55. The molecule has 1 rings (SSSR count). The third kappa shape index (κ3) is 3.93. The van der Waals surface area contributed by atoms with Crippen LogP contribution in [0.3, 0.4) is 0 Å². The molecule has 0 bridgehead atoms. The van der Waals surface area contributed by atoms with Crippen LogP contribution in [0, 0.1) is 0 Å². The van der Waals surface area contributed by atoms with Gasteiger partial charge in [-0.15, -0.1) is 0 Å². The maximum absolute atomic E-state index is 13.4. The van der Waals surface area contributed by atoms with E-state index in [0.717, 1.165) is 0 Å². The third-order valence-corrected chi connectivity index (χ3v) is 4.87. The van der Waals surface area contributed by atoms with Crippen LogP contribution >= 0.6 is 7.60 Å². The molecular weight excluding hydrogens is 263 g/mol. The minimum atomic E-state index is -4.72. The molecule has 102 valence electrons. The molecule has 0 aromatic heterocycles. The van der Waals surface area contributed by atoms with Crippen LogP contribution in [-0.4, -0.2) is 29.0 Å². The second kappa shape index (κ2) is 5.24. The minimum absolute atomic E-state index is 0.0829. The fraction of sp³-hybridized carbons (Fsp3) is 1.00. The number of hydrogen-bond acceptors (Lipinski definition) is 2. The maximum Gasteiger partial charge on any atom is 0.414 e. The number of rotatable bonds is 3. The minimum Gasteiger partial charge on any atom is -0.324 e. The first-order chi connectivity index (χ1) is 7.64. The van der Waals surface area contributed by atoms with Gasteiger partial charge in [0.1, 0.15) is 6.17 Å². The van der Waals surface area contributed by atoms with Gasteiger partial charge in [-0.1, -0.05) is 12.8 Å². The number of hydrogen-bond donors (Lipinski definition) is 1. The van der Waals surface area contributed by atoms with E-state index in [1.165, 1.54) is 0 Å². The van der Waals surface area contributed by atoms with Crippen LogP contribution in [-0.2, 0) is 9.09 Å². The molecule has 1 fully saturated rings. The molecule has 0 heterocycles. The van der Waals surface area contributed by atoms with E-state index >= 15 is 0 Å². The van der Waals surface area contributed by atoms with E-state index in [-0.39, 0.29) is 12.8 Å². The summed E-state index contributed by atoms with van der Waals surface area (Å²) in [7, 11) is -4.57. The third-order valence-electron chi connectivity index (χ3n) is 2.84. The van der Waals surface area contributed by atoms with Crippen molar-refractivity contribution >= 4 is 7.60 Å². The summed E-state index contributed by atoms with van der Waals surface area (Å²) >= 11 is 0. The number of alkyl halides is 4. The normalized spacial score (nSPS) is 31.9. The van der Waals surface area contributed by atoms with Crippen molar-refractivity contribution in [2.75, 3.05) is 0 Å². The Morgan fingerprint density at radius 3 is 2.35 bits per heavy atom. The molecule has 8 heteroatoms. The molecule has 0 saturated heterocycles. The van der Waals surface area contributed by atoms with Crippen molar-refractivity contribution in [1.29, 1.82) is 0 Å². The van der Waals surface area contributed by atoms with E-state index in [2.05, 4.69) is 4.52 Å². The molecule has 1 saturated carbocycles. The van der Waals surface area contributed by atoms with E-state index < -0.39 is 31.7 Å². The first kappa shape index (κ1) is 14.9. The predicted molar refractivity (Wildman–Crippen MR) is 53.6 cm³/mol. The molecule has 0 aromatic carbocycles. The molecule has 0 spiro atoms. The van der Waals surface area contributed by atoms with Crippen LogP contribution in [0.15, 0.2) is 0 Å². The van der Waals surface area contributed by atoms with Crippen LogP contribution in [0.4, 0.5) is 17.6 Å². The van der Waals surface area contributed by atoms with E-state index in [1.54, 1.807) is 0 Å². The van der Waals surface area contributed by atoms with Gasteiger partial charge < -0.3 is 4.89 Å². The fourth-order valence-corrected chi connectivity index (χ4v) is 3.59. The maximum atomic E-state index is 13.4. The topological polar surface area (TPSA) is 46.5 Å². The van der Waals surface area contributed by atoms with Gasteiger partial charge in [0, 0.05) is 0 Å². The molecule has 0 amide bonds. The highest BCUT2D eigenvalue weighted by Gasteiger charge is 2.47. The van der Waals surface area contributed by atoms with Crippen molar-refractivity contribution in [1.82, 2.24) is 0 Å². The SMILES string of the molecule is CC(OP(=O)(O)C1CCCCC1F)C(F)(F)F. The smallest absolute Gasteiger partial charge is 0.324 e. The molecule has 0 radical (unpaired) electrons. The van der Waals surface area contributed by atoms with Crippen LogP contribution < -0.4 is 0 Å². The monoisotopic (exact) mass is 278 g/mol. The van der Waals surface area contributed by atoms with Gasteiger partial charge in [0.05, 0.1) is 5.66 Å². The molecule has 1 aliphatic rings. The number of halogens is 4. The standard InChI is InChI=1S/C9H15F4O3P/c1-6(9(11,12)13)16-17(14,15)8-5-3-2-4-7(8)10/h6-8H,2-5H2,1H3,(H,14,15). The largest absolute Gasteiger partial charge is 0.414 e. The van der Waals surface area contributed by atoms with Crippen molar-refractivity contribution in [3.63, 3.8) is 0 Å². The molecule has 17 heavy (non-hydrogen) atoms. The van der Waals surface area contributed by atoms with Crippen molar-refractivity contribution in [3.05, 3.63) is 0 Å². The molecular formula is C9H15F4O3P. The van der Waals surface area contributed by atoms with Crippen molar-refractivity contribution in [2.45, 2.75) is 56.7 Å². The molecule has 3 nitrogen and oxygen atoms in total. The lowest BCUT2D eigenvalue weighted by Gasteiger charge is -2.30. The zero-order chi connectivity index (χ0) is 13.3. The van der Waals surface area contributed by atoms with E-state index in [4.69, 9.17) is 0 Å². The van der Waals surface area contributed by atoms with Crippen molar-refractivity contribution in [2.24, 2.45) is 0 Å². The zero-order valence-corrected chi connectivity index (χ0v) is 10.2. The summed E-state index contributed by atoms with van der Waals surface area (Å²) in [5.41, 5.74) is -1.33. The van der Waals surface area contributed by atoms with E-state index in [0.29, 0.717) is 19.8 Å². The lowest BCUT2D eigenvalue weighted by Crippen LogP contribution is -2.32. The van der Waals surface area contributed by atoms with Crippen LogP contribution in [0.1, 0.15) is 32.6 Å². The first-order valence-corrected chi connectivity index (χ1v) is 7.01. The Morgan fingerprint density at radius 1 is 1.35 bits per heavy atom. The Bertz CT molecular complexity index is 307. The second-order valence-corrected chi connectivity index (χ2v) is 6.22. The highest BCUT2D eigenvalue weighted by molar-refractivity contribution is 7.53. The summed E-state index contributed by atoms with van der Waals surface area (Å²) in [6.45, 7) is 0.638. The van der Waals surface area contributed by atoms with Gasteiger partial charge in [-0.25, -0.2) is 4.39 Å². The lowest BCUT2D eigenvalue weighted by atomic mass is 9.98. The van der Waals surface area contributed by atoms with Gasteiger partial charge in [-0.3, -0.25) is 9.09 Å². The molecule has 1 aliphatic carbocycles. The Kier molecular flexibility index (Phi) is 4.60. The Labute approximate surface area is 96.7 Å². The molecule has 1 N–H and O–H groups in total. The molecule has 0 aromatic rings. The summed E-state index contributed by atoms with van der Waals surface area (Å²) in [5, 5.41) is 0. The van der Waals surface area contributed by atoms with Gasteiger partial charge in [0.2, 0.25) is 0 Å². The highest BCUT2D eigenvalue weighted by atomic mass is 31.2. The van der Waals surface area contributed by atoms with Gasteiger partial charge in [0.15, 0.2) is 6.10 Å². The van der Waals surface area contributed by atoms with Crippen molar-refractivity contribution in [3.8, 4) is 0 Å². The summed E-state index contributed by atoms with van der Waals surface area (Å²) in [4.78, 5) is 9.44. The molecule has 4 unspecified atom stereocenters. The fourth-order valence-electron chi connectivity index (χ4n) is 1.80. The average molecular weight is 278 g/mol. The molecule has 0 aliphatic heterocycles. The quantitative estimate of drug-likeness (QED) is 0.635. The summed E-state index contributed by atoms with van der Waals surface area (Å²) < 4.78 is 65.8. The Hall–Kier alpha value is -0.130. The summed E-state index contributed by atoms with van der Waals surface area (Å²) in [6, 6.07) is 0. The first-order valence-electron chi connectivity index (χ1n) is 5.36. The zero-order valence-electron chi connectivity index (χ0n) is 9.28.